The minimum Gasteiger partial charge on any atom is -0.398 e. The molecule has 0 bridgehead atoms. The number of aromatic amines is 1. The largest absolute Gasteiger partial charge is 0.398 e. The number of aromatic nitrogens is 1. The molecule has 0 aliphatic heterocycles. The molecule has 0 aliphatic carbocycles. The van der Waals surface area contributed by atoms with E-state index >= 15 is 0 Å². The molecule has 0 atom stereocenters. The number of halogens is 1. The van der Waals surface area contributed by atoms with Crippen molar-refractivity contribution in [3.05, 3.63) is 26.2 Å². The molecule has 0 fully saturated rings. The molecule has 0 unspecified atom stereocenters. The summed E-state index contributed by atoms with van der Waals surface area (Å²) >= 11 is 1.90. The van der Waals surface area contributed by atoms with E-state index in [-0.39, 0.29) is 5.56 Å². The van der Waals surface area contributed by atoms with Gasteiger partial charge in [-0.05, 0) is 28.7 Å². The maximum Gasteiger partial charge on any atom is 0.263 e. The summed E-state index contributed by atoms with van der Waals surface area (Å²) in [5.74, 6) is 0. The highest BCUT2D eigenvalue weighted by Crippen LogP contribution is 2.05. The third-order valence-electron chi connectivity index (χ3n) is 0.930. The number of H-pyrrole nitrogens is 1. The quantitative estimate of drug-likeness (QED) is 0.646. The lowest BCUT2D eigenvalue weighted by atomic mass is 10.4. The third kappa shape index (κ3) is 1.24. The second-order valence-corrected chi connectivity index (χ2v) is 2.65. The lowest BCUT2D eigenvalue weighted by Crippen LogP contribution is -2.10. The van der Waals surface area contributed by atoms with Crippen molar-refractivity contribution in [1.82, 2.24) is 4.98 Å². The second kappa shape index (κ2) is 2.38. The van der Waals surface area contributed by atoms with Gasteiger partial charge < -0.3 is 10.7 Å². The van der Waals surface area contributed by atoms with Crippen LogP contribution in [0.25, 0.3) is 0 Å². The van der Waals surface area contributed by atoms with Crippen LogP contribution in [-0.2, 0) is 0 Å². The highest BCUT2D eigenvalue weighted by Gasteiger charge is 1.95. The minimum atomic E-state index is -0.129. The van der Waals surface area contributed by atoms with Gasteiger partial charge in [-0.1, -0.05) is 0 Å². The third-order valence-corrected chi connectivity index (χ3v) is 2.04. The summed E-state index contributed by atoms with van der Waals surface area (Å²) in [6.07, 6.45) is 1.53. The first-order chi connectivity index (χ1) is 4.22. The summed E-state index contributed by atoms with van der Waals surface area (Å²) in [6.45, 7) is 0. The Balaban J connectivity index is 3.43. The maximum atomic E-state index is 10.7. The van der Waals surface area contributed by atoms with Gasteiger partial charge in [0.2, 0.25) is 0 Å². The molecule has 48 valence electrons. The average Bonchev–Trinajstić information content (AvgIpc) is 1.83. The standard InChI is InChI=1S/C5H5IN2O/c6-4-3(7)1-2-8-5(4)9/h1-2H,(H3,7,8,9). The molecule has 1 aromatic heterocycles. The molecule has 0 radical (unpaired) electrons. The predicted octanol–water partition coefficient (Wildman–Crippen LogP) is 0.562. The number of anilines is 1. The molecule has 0 spiro atoms. The van der Waals surface area contributed by atoms with Gasteiger partial charge >= 0.3 is 0 Å². The molecule has 1 heterocycles. The van der Waals surface area contributed by atoms with Crippen LogP contribution in [0, 0.1) is 3.57 Å². The Hall–Kier alpha value is -0.520. The first-order valence-corrected chi connectivity index (χ1v) is 3.42. The molecular weight excluding hydrogens is 231 g/mol. The van der Waals surface area contributed by atoms with Crippen molar-refractivity contribution in [1.29, 1.82) is 0 Å². The van der Waals surface area contributed by atoms with Crippen molar-refractivity contribution < 1.29 is 0 Å². The van der Waals surface area contributed by atoms with Crippen LogP contribution in [0.5, 0.6) is 0 Å². The fourth-order valence-electron chi connectivity index (χ4n) is 0.475. The van der Waals surface area contributed by atoms with Crippen molar-refractivity contribution in [3.8, 4) is 0 Å². The summed E-state index contributed by atoms with van der Waals surface area (Å²) in [5, 5.41) is 0. The molecule has 1 aromatic rings. The van der Waals surface area contributed by atoms with Gasteiger partial charge in [-0.2, -0.15) is 0 Å². The topological polar surface area (TPSA) is 58.9 Å². The SMILES string of the molecule is Nc1cc[nH]c(=O)c1I. The van der Waals surface area contributed by atoms with Crippen LogP contribution >= 0.6 is 22.6 Å². The van der Waals surface area contributed by atoms with E-state index in [1.165, 1.54) is 6.20 Å². The zero-order chi connectivity index (χ0) is 6.85. The molecule has 0 saturated heterocycles. The van der Waals surface area contributed by atoms with Gasteiger partial charge in [0.1, 0.15) is 3.57 Å². The summed E-state index contributed by atoms with van der Waals surface area (Å²) < 4.78 is 0.551. The van der Waals surface area contributed by atoms with E-state index in [1.807, 2.05) is 22.6 Å². The van der Waals surface area contributed by atoms with Gasteiger partial charge in [-0.25, -0.2) is 0 Å². The molecule has 0 aromatic carbocycles. The lowest BCUT2D eigenvalue weighted by Gasteiger charge is -1.91. The Labute approximate surface area is 65.4 Å². The van der Waals surface area contributed by atoms with Crippen molar-refractivity contribution in [2.24, 2.45) is 0 Å². The van der Waals surface area contributed by atoms with Crippen molar-refractivity contribution in [2.45, 2.75) is 0 Å². The molecule has 0 amide bonds. The Bertz CT molecular complexity index is 268. The molecule has 4 heteroatoms. The van der Waals surface area contributed by atoms with Crippen LogP contribution in [0.3, 0.4) is 0 Å². The average molecular weight is 236 g/mol. The van der Waals surface area contributed by atoms with Crippen LogP contribution < -0.4 is 11.3 Å². The summed E-state index contributed by atoms with van der Waals surface area (Å²) in [7, 11) is 0. The Morgan fingerprint density at radius 1 is 1.67 bits per heavy atom. The van der Waals surface area contributed by atoms with Gasteiger partial charge in [0.25, 0.3) is 5.56 Å². The van der Waals surface area contributed by atoms with E-state index in [1.54, 1.807) is 6.07 Å². The predicted molar refractivity (Wildman–Crippen MR) is 44.2 cm³/mol. The van der Waals surface area contributed by atoms with Gasteiger partial charge in [-0.3, -0.25) is 4.79 Å². The van der Waals surface area contributed by atoms with E-state index in [2.05, 4.69) is 4.98 Å². The molecule has 3 nitrogen and oxygen atoms in total. The number of nitrogen functional groups attached to an aromatic ring is 1. The fraction of sp³-hybridized carbons (Fsp3) is 0. The first kappa shape index (κ1) is 6.60. The molecular formula is C5H5IN2O. The van der Waals surface area contributed by atoms with Crippen LogP contribution in [0.15, 0.2) is 17.1 Å². The summed E-state index contributed by atoms with van der Waals surface area (Å²) in [4.78, 5) is 13.2. The molecule has 0 aliphatic rings. The Kier molecular flexibility index (Phi) is 1.75. The number of nitrogens with two attached hydrogens (primary N) is 1. The van der Waals surface area contributed by atoms with Crippen LogP contribution in [0.2, 0.25) is 0 Å². The number of rotatable bonds is 0. The minimum absolute atomic E-state index is 0.129. The second-order valence-electron chi connectivity index (χ2n) is 1.58. The van der Waals surface area contributed by atoms with E-state index in [4.69, 9.17) is 5.73 Å². The van der Waals surface area contributed by atoms with E-state index in [0.29, 0.717) is 9.26 Å². The van der Waals surface area contributed by atoms with Gasteiger partial charge in [0.15, 0.2) is 0 Å². The first-order valence-electron chi connectivity index (χ1n) is 2.34. The van der Waals surface area contributed by atoms with Gasteiger partial charge in [-0.15, -0.1) is 0 Å². The highest BCUT2D eigenvalue weighted by atomic mass is 127. The van der Waals surface area contributed by atoms with Crippen molar-refractivity contribution in [3.63, 3.8) is 0 Å². The zero-order valence-corrected chi connectivity index (χ0v) is 6.68. The Morgan fingerprint density at radius 3 is 2.78 bits per heavy atom. The van der Waals surface area contributed by atoms with Gasteiger partial charge in [0.05, 0.1) is 5.69 Å². The molecule has 1 rings (SSSR count). The van der Waals surface area contributed by atoms with Crippen LogP contribution in [0.1, 0.15) is 0 Å². The summed E-state index contributed by atoms with van der Waals surface area (Å²) in [5.41, 5.74) is 5.79. The van der Waals surface area contributed by atoms with E-state index in [9.17, 15) is 4.79 Å². The number of nitrogens with one attached hydrogen (secondary N) is 1. The smallest absolute Gasteiger partial charge is 0.263 e. The maximum absolute atomic E-state index is 10.7. The van der Waals surface area contributed by atoms with Gasteiger partial charge in [0, 0.05) is 6.20 Å². The zero-order valence-electron chi connectivity index (χ0n) is 4.52. The van der Waals surface area contributed by atoms with E-state index < -0.39 is 0 Å². The van der Waals surface area contributed by atoms with Crippen LogP contribution in [0.4, 0.5) is 5.69 Å². The number of hydrogen-bond acceptors (Lipinski definition) is 2. The lowest BCUT2D eigenvalue weighted by molar-refractivity contribution is 1.22. The normalized spacial score (nSPS) is 9.44. The molecule has 3 N–H and O–H groups in total. The van der Waals surface area contributed by atoms with E-state index in [0.717, 1.165) is 0 Å². The summed E-state index contributed by atoms with van der Waals surface area (Å²) in [6, 6.07) is 1.66. The van der Waals surface area contributed by atoms with Crippen molar-refractivity contribution in [2.75, 3.05) is 5.73 Å². The van der Waals surface area contributed by atoms with Crippen molar-refractivity contribution >= 4 is 28.3 Å². The number of pyridine rings is 1. The fourth-order valence-corrected chi connectivity index (χ4v) is 0.810. The monoisotopic (exact) mass is 236 g/mol. The Morgan fingerprint density at radius 2 is 2.33 bits per heavy atom. The highest BCUT2D eigenvalue weighted by molar-refractivity contribution is 14.1. The van der Waals surface area contributed by atoms with Crippen LogP contribution in [-0.4, -0.2) is 4.98 Å². The molecule has 0 saturated carbocycles. The number of hydrogen-bond donors (Lipinski definition) is 2. The molecule has 9 heavy (non-hydrogen) atoms.